The molecule has 0 bridgehead atoms. The van der Waals surface area contributed by atoms with Gasteiger partial charge >= 0.3 is 5.97 Å². The highest BCUT2D eigenvalue weighted by Crippen LogP contribution is 2.30. The average Bonchev–Trinajstić information content (AvgIpc) is 2.28. The average molecular weight is 299 g/mol. The number of carboxylic acids is 1. The van der Waals surface area contributed by atoms with Gasteiger partial charge in [-0.2, -0.15) is 0 Å². The highest BCUT2D eigenvalue weighted by atomic mass is 79.9. The number of carbonyl (C=O) groups is 1. The maximum absolute atomic E-state index is 10.8. The summed E-state index contributed by atoms with van der Waals surface area (Å²) in [7, 11) is 1.60. The Bertz CT molecular complexity index is 438. The van der Waals surface area contributed by atoms with E-state index in [4.69, 9.17) is 9.84 Å². The first-order chi connectivity index (χ1) is 8.08. The Morgan fingerprint density at radius 1 is 1.53 bits per heavy atom. The first-order valence-electron chi connectivity index (χ1n) is 5.36. The minimum atomic E-state index is -0.916. The molecule has 3 nitrogen and oxygen atoms in total. The van der Waals surface area contributed by atoms with E-state index < -0.39 is 5.97 Å². The normalized spacial score (nSPS) is 11.4. The Morgan fingerprint density at radius 2 is 2.24 bits per heavy atom. The summed E-state index contributed by atoms with van der Waals surface area (Å²) in [5, 5.41) is 8.83. The zero-order chi connectivity index (χ0) is 12.8. The Balaban J connectivity index is 3.11. The second kappa shape index (κ2) is 6.45. The lowest BCUT2D eigenvalue weighted by atomic mass is 10.0. The van der Waals surface area contributed by atoms with E-state index in [2.05, 4.69) is 15.9 Å². The molecule has 1 aromatic carbocycles. The zero-order valence-corrected chi connectivity index (χ0v) is 11.5. The molecule has 0 atom stereocenters. The number of hydrogen-bond acceptors (Lipinski definition) is 2. The molecule has 0 fully saturated rings. The van der Waals surface area contributed by atoms with Gasteiger partial charge in [0.05, 0.1) is 11.6 Å². The molecular formula is C13H15BrO3. The predicted molar refractivity (Wildman–Crippen MR) is 71.2 cm³/mol. The molecule has 0 radical (unpaired) electrons. The summed E-state index contributed by atoms with van der Waals surface area (Å²) in [6.07, 6.45) is 2.91. The number of halogens is 1. The summed E-state index contributed by atoms with van der Waals surface area (Å²) in [5.74, 6) is -0.180. The lowest BCUT2D eigenvalue weighted by Gasteiger charge is -2.09. The van der Waals surface area contributed by atoms with E-state index in [1.165, 1.54) is 6.08 Å². The van der Waals surface area contributed by atoms with Crippen molar-refractivity contribution in [3.05, 3.63) is 34.3 Å². The van der Waals surface area contributed by atoms with Gasteiger partial charge < -0.3 is 9.84 Å². The van der Waals surface area contributed by atoms with Crippen molar-refractivity contribution in [2.24, 2.45) is 0 Å². The number of aliphatic carboxylic acids is 1. The van der Waals surface area contributed by atoms with Crippen LogP contribution in [0.25, 0.3) is 5.57 Å². The summed E-state index contributed by atoms with van der Waals surface area (Å²) in [5.41, 5.74) is 1.73. The molecule has 0 amide bonds. The SMILES string of the molecule is CCC/C(=C\C(=O)O)c1ccc(OC)c(Br)c1. The monoisotopic (exact) mass is 298 g/mol. The van der Waals surface area contributed by atoms with E-state index in [0.717, 1.165) is 34.2 Å². The van der Waals surface area contributed by atoms with E-state index in [1.807, 2.05) is 25.1 Å². The van der Waals surface area contributed by atoms with Crippen molar-refractivity contribution in [3.63, 3.8) is 0 Å². The highest BCUT2D eigenvalue weighted by Gasteiger charge is 2.07. The van der Waals surface area contributed by atoms with Crippen molar-refractivity contribution >= 4 is 27.5 Å². The van der Waals surface area contributed by atoms with Crippen LogP contribution in [-0.2, 0) is 4.79 Å². The van der Waals surface area contributed by atoms with Gasteiger partial charge in [-0.15, -0.1) is 0 Å². The summed E-state index contributed by atoms with van der Waals surface area (Å²) in [6.45, 7) is 2.02. The standard InChI is InChI=1S/C13H15BrO3/c1-3-4-9(8-13(15)16)10-5-6-12(17-2)11(14)7-10/h5-8H,3-4H2,1-2H3,(H,15,16)/b9-8+. The quantitative estimate of drug-likeness (QED) is 0.843. The van der Waals surface area contributed by atoms with E-state index >= 15 is 0 Å². The van der Waals surface area contributed by atoms with Crippen molar-refractivity contribution in [1.29, 1.82) is 0 Å². The summed E-state index contributed by atoms with van der Waals surface area (Å²) >= 11 is 3.39. The van der Waals surface area contributed by atoms with E-state index in [1.54, 1.807) is 7.11 Å². The first kappa shape index (κ1) is 13.8. The Kier molecular flexibility index (Phi) is 5.22. The van der Waals surface area contributed by atoms with Gasteiger partial charge in [-0.05, 0) is 45.6 Å². The highest BCUT2D eigenvalue weighted by molar-refractivity contribution is 9.10. The molecule has 17 heavy (non-hydrogen) atoms. The minimum Gasteiger partial charge on any atom is -0.496 e. The smallest absolute Gasteiger partial charge is 0.328 e. The minimum absolute atomic E-state index is 0.736. The molecule has 92 valence electrons. The molecule has 1 rings (SSSR count). The van der Waals surface area contributed by atoms with Gasteiger partial charge in [0.15, 0.2) is 0 Å². The van der Waals surface area contributed by atoms with Crippen LogP contribution in [0, 0.1) is 0 Å². The first-order valence-corrected chi connectivity index (χ1v) is 6.15. The fourth-order valence-electron chi connectivity index (χ4n) is 1.58. The second-order valence-corrected chi connectivity index (χ2v) is 4.46. The van der Waals surface area contributed by atoms with Gasteiger partial charge in [0, 0.05) is 6.08 Å². The fraction of sp³-hybridized carbons (Fsp3) is 0.308. The molecule has 0 aliphatic carbocycles. The summed E-state index contributed by atoms with van der Waals surface area (Å²) in [6, 6.07) is 5.57. The lowest BCUT2D eigenvalue weighted by molar-refractivity contribution is -0.131. The van der Waals surface area contributed by atoms with Crippen LogP contribution in [0.3, 0.4) is 0 Å². The van der Waals surface area contributed by atoms with Crippen LogP contribution < -0.4 is 4.74 Å². The largest absolute Gasteiger partial charge is 0.496 e. The molecule has 0 aliphatic heterocycles. The van der Waals surface area contributed by atoms with Gasteiger partial charge in [0.25, 0.3) is 0 Å². The van der Waals surface area contributed by atoms with Crippen molar-refractivity contribution in [3.8, 4) is 5.75 Å². The molecule has 4 heteroatoms. The van der Waals surface area contributed by atoms with Crippen LogP contribution in [-0.4, -0.2) is 18.2 Å². The lowest BCUT2D eigenvalue weighted by Crippen LogP contribution is -1.94. The molecule has 0 aliphatic rings. The molecule has 1 aromatic rings. The van der Waals surface area contributed by atoms with Crippen LogP contribution in [0.5, 0.6) is 5.75 Å². The number of methoxy groups -OCH3 is 1. The fourth-order valence-corrected chi connectivity index (χ4v) is 2.13. The molecule has 0 unspecified atom stereocenters. The number of hydrogen-bond donors (Lipinski definition) is 1. The van der Waals surface area contributed by atoms with Gasteiger partial charge in [-0.25, -0.2) is 4.79 Å². The summed E-state index contributed by atoms with van der Waals surface area (Å²) in [4.78, 5) is 10.8. The van der Waals surface area contributed by atoms with Gasteiger partial charge in [-0.1, -0.05) is 19.4 Å². The number of benzene rings is 1. The van der Waals surface area contributed by atoms with Crippen molar-refractivity contribution in [2.45, 2.75) is 19.8 Å². The van der Waals surface area contributed by atoms with Gasteiger partial charge in [0.1, 0.15) is 5.75 Å². The van der Waals surface area contributed by atoms with E-state index in [0.29, 0.717) is 0 Å². The third kappa shape index (κ3) is 3.89. The van der Waals surface area contributed by atoms with Crippen LogP contribution >= 0.6 is 15.9 Å². The molecule has 0 saturated heterocycles. The molecule has 0 spiro atoms. The van der Waals surface area contributed by atoms with Gasteiger partial charge in [0.2, 0.25) is 0 Å². The Hall–Kier alpha value is -1.29. The number of carboxylic acid groups (broad SMARTS) is 1. The van der Waals surface area contributed by atoms with Crippen molar-refractivity contribution in [1.82, 2.24) is 0 Å². The molecule has 0 saturated carbocycles. The van der Waals surface area contributed by atoms with Crippen LogP contribution in [0.4, 0.5) is 0 Å². The topological polar surface area (TPSA) is 46.5 Å². The third-order valence-electron chi connectivity index (χ3n) is 2.34. The Morgan fingerprint density at radius 3 is 2.71 bits per heavy atom. The van der Waals surface area contributed by atoms with Crippen molar-refractivity contribution < 1.29 is 14.6 Å². The molecular weight excluding hydrogens is 284 g/mol. The van der Waals surface area contributed by atoms with Crippen molar-refractivity contribution in [2.75, 3.05) is 7.11 Å². The number of rotatable bonds is 5. The van der Waals surface area contributed by atoms with Crippen LogP contribution in [0.2, 0.25) is 0 Å². The number of allylic oxidation sites excluding steroid dienone is 1. The van der Waals surface area contributed by atoms with Crippen LogP contribution in [0.15, 0.2) is 28.7 Å². The molecule has 0 heterocycles. The summed E-state index contributed by atoms with van der Waals surface area (Å²) < 4.78 is 5.96. The van der Waals surface area contributed by atoms with Crippen LogP contribution in [0.1, 0.15) is 25.3 Å². The van der Waals surface area contributed by atoms with E-state index in [-0.39, 0.29) is 0 Å². The maximum atomic E-state index is 10.8. The molecule has 0 aromatic heterocycles. The predicted octanol–water partition coefficient (Wildman–Crippen LogP) is 3.73. The zero-order valence-electron chi connectivity index (χ0n) is 9.87. The van der Waals surface area contributed by atoms with Gasteiger partial charge in [-0.3, -0.25) is 0 Å². The maximum Gasteiger partial charge on any atom is 0.328 e. The number of ether oxygens (including phenoxy) is 1. The third-order valence-corrected chi connectivity index (χ3v) is 2.96. The van der Waals surface area contributed by atoms with E-state index in [9.17, 15) is 4.79 Å². The molecule has 1 N–H and O–H groups in total. The second-order valence-electron chi connectivity index (χ2n) is 3.61. The Labute approximate surface area is 109 Å².